The first-order valence-corrected chi connectivity index (χ1v) is 5.73. The van der Waals surface area contributed by atoms with Crippen molar-refractivity contribution in [2.75, 3.05) is 24.6 Å². The normalized spacial score (nSPS) is 41.1. The molecule has 0 saturated carbocycles. The minimum atomic E-state index is -0.569. The molecule has 1 fully saturated rings. The third kappa shape index (κ3) is 3.34. The van der Waals surface area contributed by atoms with Crippen LogP contribution in [0, 0.1) is 11.8 Å². The summed E-state index contributed by atoms with van der Waals surface area (Å²) in [6.45, 7) is 6.36. The van der Waals surface area contributed by atoms with Crippen molar-refractivity contribution in [2.24, 2.45) is 11.8 Å². The predicted octanol–water partition coefficient (Wildman–Crippen LogP) is 0.611. The van der Waals surface area contributed by atoms with E-state index in [0.717, 1.165) is 24.6 Å². The van der Waals surface area contributed by atoms with Gasteiger partial charge in [-0.15, -0.1) is 0 Å². The molecule has 2 unspecified atom stereocenters. The van der Waals surface area contributed by atoms with Crippen LogP contribution in [0.15, 0.2) is 0 Å². The van der Waals surface area contributed by atoms with Gasteiger partial charge in [-0.05, 0) is 24.9 Å². The molecule has 1 N–H and O–H groups in total. The van der Waals surface area contributed by atoms with E-state index in [2.05, 4.69) is 19.2 Å². The van der Waals surface area contributed by atoms with Gasteiger partial charge in [-0.25, -0.2) is 0 Å². The maximum absolute atomic E-state index is 11.3. The topological polar surface area (TPSA) is 29.1 Å². The van der Waals surface area contributed by atoms with Crippen molar-refractivity contribution >= 4 is 10.8 Å². The Morgan fingerprint density at radius 2 is 1.64 bits per heavy atom. The first-order valence-electron chi connectivity index (χ1n) is 4.24. The van der Waals surface area contributed by atoms with Gasteiger partial charge in [0, 0.05) is 22.3 Å². The van der Waals surface area contributed by atoms with Gasteiger partial charge < -0.3 is 5.32 Å². The van der Waals surface area contributed by atoms with Gasteiger partial charge in [-0.2, -0.15) is 0 Å². The predicted molar refractivity (Wildman–Crippen MR) is 49.1 cm³/mol. The molecule has 0 aromatic carbocycles. The van der Waals surface area contributed by atoms with Gasteiger partial charge in [0.2, 0.25) is 0 Å². The third-order valence-corrected chi connectivity index (χ3v) is 3.81. The van der Waals surface area contributed by atoms with Crippen molar-refractivity contribution in [2.45, 2.75) is 13.8 Å². The second-order valence-electron chi connectivity index (χ2n) is 3.64. The first-order chi connectivity index (χ1) is 5.18. The lowest BCUT2D eigenvalue weighted by molar-refractivity contribution is 0.485. The quantitative estimate of drug-likeness (QED) is 0.584. The molecule has 1 heterocycles. The summed E-state index contributed by atoms with van der Waals surface area (Å²) in [6, 6.07) is 0. The van der Waals surface area contributed by atoms with Crippen LogP contribution in [0.5, 0.6) is 0 Å². The highest BCUT2D eigenvalue weighted by atomic mass is 32.2. The molecule has 1 rings (SSSR count). The van der Waals surface area contributed by atoms with Gasteiger partial charge in [0.05, 0.1) is 0 Å². The Kier molecular flexibility index (Phi) is 3.52. The van der Waals surface area contributed by atoms with Crippen LogP contribution in [0.3, 0.4) is 0 Å². The molecule has 0 radical (unpaired) electrons. The molecule has 11 heavy (non-hydrogen) atoms. The van der Waals surface area contributed by atoms with Crippen LogP contribution in [-0.2, 0) is 10.8 Å². The fourth-order valence-corrected chi connectivity index (χ4v) is 3.04. The lowest BCUT2D eigenvalue weighted by atomic mass is 10.2. The van der Waals surface area contributed by atoms with Gasteiger partial charge in [0.25, 0.3) is 0 Å². The zero-order chi connectivity index (χ0) is 8.27. The summed E-state index contributed by atoms with van der Waals surface area (Å²) < 4.78 is 11.3. The Labute approximate surface area is 71.2 Å². The maximum Gasteiger partial charge on any atom is 0.0272 e. The molecule has 0 amide bonds. The summed E-state index contributed by atoms with van der Waals surface area (Å²) in [5.41, 5.74) is 0. The summed E-state index contributed by atoms with van der Waals surface area (Å²) in [5.74, 6) is 2.89. The second kappa shape index (κ2) is 4.21. The van der Waals surface area contributed by atoms with Crippen molar-refractivity contribution in [1.82, 2.24) is 5.32 Å². The van der Waals surface area contributed by atoms with E-state index < -0.39 is 10.8 Å². The third-order valence-electron chi connectivity index (χ3n) is 1.93. The van der Waals surface area contributed by atoms with Crippen LogP contribution in [-0.4, -0.2) is 28.8 Å². The number of hydrogen-bond donors (Lipinski definition) is 1. The van der Waals surface area contributed by atoms with Crippen LogP contribution < -0.4 is 5.32 Å². The van der Waals surface area contributed by atoms with Crippen LogP contribution in [0.25, 0.3) is 0 Å². The van der Waals surface area contributed by atoms with E-state index >= 15 is 0 Å². The van der Waals surface area contributed by atoms with E-state index in [4.69, 9.17) is 0 Å². The summed E-state index contributed by atoms with van der Waals surface area (Å²) >= 11 is 0. The molecule has 2 nitrogen and oxygen atoms in total. The van der Waals surface area contributed by atoms with Crippen LogP contribution in [0.1, 0.15) is 13.8 Å². The second-order valence-corrected chi connectivity index (χ2v) is 5.19. The fraction of sp³-hybridized carbons (Fsp3) is 1.00. The molecule has 1 aliphatic heterocycles. The SMILES string of the molecule is CC1CNCC(C)CS(=O)C1. The molecule has 0 aromatic rings. The van der Waals surface area contributed by atoms with E-state index in [1.54, 1.807) is 0 Å². The summed E-state index contributed by atoms with van der Waals surface area (Å²) in [7, 11) is -0.569. The highest BCUT2D eigenvalue weighted by Gasteiger charge is 2.14. The molecule has 2 atom stereocenters. The van der Waals surface area contributed by atoms with E-state index in [-0.39, 0.29) is 0 Å². The van der Waals surface area contributed by atoms with Crippen LogP contribution in [0.4, 0.5) is 0 Å². The minimum Gasteiger partial charge on any atom is -0.316 e. The van der Waals surface area contributed by atoms with E-state index in [1.807, 2.05) is 0 Å². The summed E-state index contributed by atoms with van der Waals surface area (Å²) in [4.78, 5) is 0. The van der Waals surface area contributed by atoms with Crippen molar-refractivity contribution in [3.8, 4) is 0 Å². The molecular formula is C8H17NOS. The lowest BCUT2D eigenvalue weighted by Gasteiger charge is -2.20. The molecule has 1 aliphatic rings. The van der Waals surface area contributed by atoms with Gasteiger partial charge in [0.1, 0.15) is 0 Å². The Bertz CT molecular complexity index is 135. The van der Waals surface area contributed by atoms with Gasteiger partial charge in [-0.3, -0.25) is 4.21 Å². The molecule has 0 aromatic heterocycles. The molecule has 0 spiro atoms. The van der Waals surface area contributed by atoms with Crippen molar-refractivity contribution in [1.29, 1.82) is 0 Å². The van der Waals surface area contributed by atoms with Crippen molar-refractivity contribution < 1.29 is 4.21 Å². The molecule has 0 aliphatic carbocycles. The number of hydrogen-bond acceptors (Lipinski definition) is 2. The van der Waals surface area contributed by atoms with E-state index in [0.29, 0.717) is 11.8 Å². The van der Waals surface area contributed by atoms with Gasteiger partial charge in [0.15, 0.2) is 0 Å². The zero-order valence-electron chi connectivity index (χ0n) is 7.30. The molecule has 1 saturated heterocycles. The van der Waals surface area contributed by atoms with Crippen molar-refractivity contribution in [3.63, 3.8) is 0 Å². The maximum atomic E-state index is 11.3. The van der Waals surface area contributed by atoms with Crippen LogP contribution >= 0.6 is 0 Å². The van der Waals surface area contributed by atoms with Gasteiger partial charge in [-0.1, -0.05) is 13.8 Å². The first kappa shape index (κ1) is 9.20. The Morgan fingerprint density at radius 1 is 1.18 bits per heavy atom. The molecule has 3 heteroatoms. The molecular weight excluding hydrogens is 158 g/mol. The standard InChI is InChI=1S/C8H17NOS/c1-7-3-9-4-8(2)6-11(10)5-7/h7-9H,3-6H2,1-2H3. The number of rotatable bonds is 0. The Balaban J connectivity index is 2.41. The average Bonchev–Trinajstić information content (AvgIpc) is 1.83. The Hall–Kier alpha value is 0.110. The summed E-state index contributed by atoms with van der Waals surface area (Å²) in [5, 5.41) is 3.37. The highest BCUT2D eigenvalue weighted by Crippen LogP contribution is 2.05. The van der Waals surface area contributed by atoms with Crippen LogP contribution in [0.2, 0.25) is 0 Å². The average molecular weight is 175 g/mol. The Morgan fingerprint density at radius 3 is 2.09 bits per heavy atom. The van der Waals surface area contributed by atoms with E-state index in [9.17, 15) is 4.21 Å². The minimum absolute atomic E-state index is 0.569. The summed E-state index contributed by atoms with van der Waals surface area (Å²) in [6.07, 6.45) is 0. The largest absolute Gasteiger partial charge is 0.316 e. The van der Waals surface area contributed by atoms with Gasteiger partial charge >= 0.3 is 0 Å². The zero-order valence-corrected chi connectivity index (χ0v) is 8.12. The number of nitrogens with one attached hydrogen (secondary N) is 1. The monoisotopic (exact) mass is 175 g/mol. The lowest BCUT2D eigenvalue weighted by Crippen LogP contribution is -2.34. The molecule has 0 bridgehead atoms. The fourth-order valence-electron chi connectivity index (χ4n) is 1.40. The molecule has 66 valence electrons. The van der Waals surface area contributed by atoms with Crippen molar-refractivity contribution in [3.05, 3.63) is 0 Å². The highest BCUT2D eigenvalue weighted by molar-refractivity contribution is 7.85. The van der Waals surface area contributed by atoms with E-state index in [1.165, 1.54) is 0 Å². The smallest absolute Gasteiger partial charge is 0.0272 e.